The van der Waals surface area contributed by atoms with Gasteiger partial charge in [0.15, 0.2) is 5.78 Å². The van der Waals surface area contributed by atoms with Gasteiger partial charge in [-0.15, -0.1) is 0 Å². The molecule has 0 atom stereocenters. The summed E-state index contributed by atoms with van der Waals surface area (Å²) in [6.07, 6.45) is 2.73. The summed E-state index contributed by atoms with van der Waals surface area (Å²) in [5.41, 5.74) is 1.23. The molecule has 1 aliphatic carbocycles. The van der Waals surface area contributed by atoms with Crippen molar-refractivity contribution in [1.82, 2.24) is 0 Å². The van der Waals surface area contributed by atoms with Crippen LogP contribution in [0.3, 0.4) is 0 Å². The first-order valence-corrected chi connectivity index (χ1v) is 7.99. The van der Waals surface area contributed by atoms with Gasteiger partial charge in [0.1, 0.15) is 11.5 Å². The average molecular weight is 308 g/mol. The van der Waals surface area contributed by atoms with Crippen LogP contribution in [0.2, 0.25) is 0 Å². The van der Waals surface area contributed by atoms with E-state index in [1.807, 2.05) is 30.3 Å². The zero-order chi connectivity index (χ0) is 16.3. The first-order valence-electron chi connectivity index (χ1n) is 7.99. The molecule has 1 N–H and O–H groups in total. The number of ketones is 2. The molecule has 3 heteroatoms. The number of aromatic hydroxyl groups is 1. The Kier molecular flexibility index (Phi) is 4.28. The number of Topliss-reactive ketones (excluding diaryl/α,β-unsaturated/α-hetero) is 2. The predicted octanol–water partition coefficient (Wildman–Crippen LogP) is 3.49. The van der Waals surface area contributed by atoms with Crippen molar-refractivity contribution in [1.29, 1.82) is 0 Å². The maximum Gasteiger partial charge on any atom is 0.150 e. The Morgan fingerprint density at radius 2 is 1.52 bits per heavy atom. The van der Waals surface area contributed by atoms with Gasteiger partial charge in [-0.1, -0.05) is 42.5 Å². The summed E-state index contributed by atoms with van der Waals surface area (Å²) in [5, 5.41) is 9.29. The molecule has 3 rings (SSSR count). The molecule has 0 spiro atoms. The third-order valence-electron chi connectivity index (χ3n) is 4.60. The molecule has 0 saturated heterocycles. The minimum Gasteiger partial charge on any atom is -0.508 e. The maximum atomic E-state index is 12.6. The summed E-state index contributed by atoms with van der Waals surface area (Å²) in [7, 11) is 0. The smallest absolute Gasteiger partial charge is 0.150 e. The molecule has 2 aromatic carbocycles. The number of phenolic OH excluding ortho intramolecular Hbond substituents is 1. The van der Waals surface area contributed by atoms with E-state index in [9.17, 15) is 14.7 Å². The summed E-state index contributed by atoms with van der Waals surface area (Å²) in [5.74, 6) is 0.271. The molecular weight excluding hydrogens is 288 g/mol. The molecule has 0 bridgehead atoms. The van der Waals surface area contributed by atoms with Crippen LogP contribution < -0.4 is 0 Å². The van der Waals surface area contributed by atoms with Crippen LogP contribution in [0.4, 0.5) is 0 Å². The second kappa shape index (κ2) is 6.37. The van der Waals surface area contributed by atoms with Gasteiger partial charge in [0.2, 0.25) is 0 Å². The van der Waals surface area contributed by atoms with E-state index in [0.717, 1.165) is 11.1 Å². The van der Waals surface area contributed by atoms with Gasteiger partial charge in [-0.2, -0.15) is 0 Å². The van der Waals surface area contributed by atoms with Gasteiger partial charge < -0.3 is 5.11 Å². The van der Waals surface area contributed by atoms with Crippen LogP contribution in [0.15, 0.2) is 54.6 Å². The van der Waals surface area contributed by atoms with Gasteiger partial charge in [-0.25, -0.2) is 0 Å². The van der Waals surface area contributed by atoms with E-state index < -0.39 is 5.41 Å². The molecule has 118 valence electrons. The molecule has 1 aliphatic rings. The van der Waals surface area contributed by atoms with E-state index in [4.69, 9.17) is 0 Å². The van der Waals surface area contributed by atoms with Crippen LogP contribution >= 0.6 is 0 Å². The maximum absolute atomic E-state index is 12.6. The fraction of sp³-hybridized carbons (Fsp3) is 0.300. The molecule has 0 radical (unpaired) electrons. The van der Waals surface area contributed by atoms with Gasteiger partial charge in [-0.3, -0.25) is 9.59 Å². The summed E-state index contributed by atoms with van der Waals surface area (Å²) in [4.78, 5) is 25.1. The number of aryl methyl sites for hydroxylation is 1. The second-order valence-electron chi connectivity index (χ2n) is 6.26. The predicted molar refractivity (Wildman–Crippen MR) is 88.3 cm³/mol. The Morgan fingerprint density at radius 1 is 0.870 bits per heavy atom. The molecule has 0 amide bonds. The lowest BCUT2D eigenvalue weighted by atomic mass is 9.88. The lowest BCUT2D eigenvalue weighted by Crippen LogP contribution is -2.27. The zero-order valence-corrected chi connectivity index (χ0v) is 13.0. The van der Waals surface area contributed by atoms with Crippen molar-refractivity contribution in [3.05, 3.63) is 65.7 Å². The molecule has 0 unspecified atom stereocenters. The Labute approximate surface area is 136 Å². The highest BCUT2D eigenvalue weighted by atomic mass is 16.3. The number of hydrogen-bond acceptors (Lipinski definition) is 3. The highest BCUT2D eigenvalue weighted by Gasteiger charge is 2.54. The number of benzene rings is 2. The lowest BCUT2D eigenvalue weighted by molar-refractivity contribution is -0.134. The van der Waals surface area contributed by atoms with Gasteiger partial charge in [0.05, 0.1) is 5.41 Å². The monoisotopic (exact) mass is 308 g/mol. The number of rotatable bonds is 7. The molecule has 3 nitrogen and oxygen atoms in total. The Balaban J connectivity index is 1.60. The molecule has 1 fully saturated rings. The molecule has 23 heavy (non-hydrogen) atoms. The van der Waals surface area contributed by atoms with E-state index >= 15 is 0 Å². The van der Waals surface area contributed by atoms with Gasteiger partial charge >= 0.3 is 0 Å². The summed E-state index contributed by atoms with van der Waals surface area (Å²) >= 11 is 0. The normalized spacial score (nSPS) is 15.1. The third kappa shape index (κ3) is 3.50. The summed E-state index contributed by atoms with van der Waals surface area (Å²) < 4.78 is 0. The van der Waals surface area contributed by atoms with Crippen molar-refractivity contribution < 1.29 is 14.7 Å². The number of carbonyl (C=O) groups excluding carboxylic acids is 2. The van der Waals surface area contributed by atoms with Crippen molar-refractivity contribution >= 4 is 11.6 Å². The van der Waals surface area contributed by atoms with Crippen molar-refractivity contribution in [2.45, 2.75) is 32.1 Å². The third-order valence-corrected chi connectivity index (χ3v) is 4.60. The van der Waals surface area contributed by atoms with Crippen LogP contribution in [0.5, 0.6) is 5.75 Å². The first kappa shape index (κ1) is 15.5. The Morgan fingerprint density at radius 3 is 2.13 bits per heavy atom. The van der Waals surface area contributed by atoms with Crippen LogP contribution in [-0.2, 0) is 22.4 Å². The largest absolute Gasteiger partial charge is 0.508 e. The van der Waals surface area contributed by atoms with Gasteiger partial charge in [0, 0.05) is 12.8 Å². The first-order chi connectivity index (χ1) is 11.1. The molecular formula is C20H20O3. The van der Waals surface area contributed by atoms with Crippen molar-refractivity contribution in [3.8, 4) is 5.75 Å². The van der Waals surface area contributed by atoms with Gasteiger partial charge in [-0.05, 0) is 42.5 Å². The van der Waals surface area contributed by atoms with Crippen molar-refractivity contribution in [3.63, 3.8) is 0 Å². The fourth-order valence-corrected chi connectivity index (χ4v) is 2.95. The summed E-state index contributed by atoms with van der Waals surface area (Å²) in [6.45, 7) is 0. The standard InChI is InChI=1S/C20H20O3/c21-17-9-6-16(7-10-17)14-19(23)20(12-13-20)18(22)11-8-15-4-2-1-3-5-15/h1-7,9-10,21H,8,11-14H2. The quantitative estimate of drug-likeness (QED) is 0.797. The lowest BCUT2D eigenvalue weighted by Gasteiger charge is -2.13. The average Bonchev–Trinajstić information content (AvgIpc) is 3.38. The number of carbonyl (C=O) groups is 2. The highest BCUT2D eigenvalue weighted by molar-refractivity contribution is 6.10. The Hall–Kier alpha value is -2.42. The minimum absolute atomic E-state index is 0.0150. The van der Waals surface area contributed by atoms with E-state index in [-0.39, 0.29) is 23.7 Å². The van der Waals surface area contributed by atoms with E-state index in [1.165, 1.54) is 0 Å². The van der Waals surface area contributed by atoms with Crippen LogP contribution in [0.25, 0.3) is 0 Å². The molecule has 0 aromatic heterocycles. The fourth-order valence-electron chi connectivity index (χ4n) is 2.95. The molecule has 0 aliphatic heterocycles. The molecule has 2 aromatic rings. The van der Waals surface area contributed by atoms with Crippen molar-refractivity contribution in [2.24, 2.45) is 5.41 Å². The highest BCUT2D eigenvalue weighted by Crippen LogP contribution is 2.49. The van der Waals surface area contributed by atoms with Crippen LogP contribution in [-0.4, -0.2) is 16.7 Å². The van der Waals surface area contributed by atoms with Crippen molar-refractivity contribution in [2.75, 3.05) is 0 Å². The van der Waals surface area contributed by atoms with E-state index in [2.05, 4.69) is 0 Å². The molecule has 1 saturated carbocycles. The number of hydrogen-bond donors (Lipinski definition) is 1. The Bertz CT molecular complexity index is 697. The topological polar surface area (TPSA) is 54.4 Å². The van der Waals surface area contributed by atoms with E-state index in [1.54, 1.807) is 24.3 Å². The number of phenols is 1. The van der Waals surface area contributed by atoms with Gasteiger partial charge in [0.25, 0.3) is 0 Å². The van der Waals surface area contributed by atoms with Crippen LogP contribution in [0.1, 0.15) is 30.4 Å². The van der Waals surface area contributed by atoms with E-state index in [0.29, 0.717) is 25.7 Å². The summed E-state index contributed by atoms with van der Waals surface area (Å²) in [6, 6.07) is 16.5. The second-order valence-corrected chi connectivity index (χ2v) is 6.26. The minimum atomic E-state index is -0.743. The zero-order valence-electron chi connectivity index (χ0n) is 13.0. The molecule has 0 heterocycles. The SMILES string of the molecule is O=C(CCc1ccccc1)C1(C(=O)Cc2ccc(O)cc2)CC1. The van der Waals surface area contributed by atoms with Crippen LogP contribution in [0, 0.1) is 5.41 Å².